The van der Waals surface area contributed by atoms with Crippen molar-refractivity contribution in [1.29, 1.82) is 0 Å². The van der Waals surface area contributed by atoms with E-state index in [2.05, 4.69) is 6.92 Å². The smallest absolute Gasteiger partial charge is 0.313 e. The number of unbranched alkanes of at least 4 members (excludes halogenated alkanes) is 4. The maximum Gasteiger partial charge on any atom is 0.313 e. The summed E-state index contributed by atoms with van der Waals surface area (Å²) in [6, 6.07) is 0. The molecule has 0 fully saturated rings. The molecule has 0 aliphatic heterocycles. The number of hydrogen-bond donors (Lipinski definition) is 3. The average Bonchev–Trinajstić information content (AvgIpc) is 2.46. The lowest BCUT2D eigenvalue weighted by Crippen LogP contribution is -2.29. The minimum absolute atomic E-state index is 0.367. The fourth-order valence-electron chi connectivity index (χ4n) is 1.75. The third-order valence-electron chi connectivity index (χ3n) is 2.98. The van der Waals surface area contributed by atoms with E-state index in [1.807, 2.05) is 0 Å². The molecule has 0 rings (SSSR count). The standard InChI is InChI=1S/C15H26O6/c1-2-3-4-5-6-7-8-12(9-14(18)19)15(20)21-13(10-16)11-17/h7-8,12-13,16-17H,2-6,9-11H2,1H3,(H,18,19)/b8-7+. The molecule has 0 spiro atoms. The van der Waals surface area contributed by atoms with Crippen LogP contribution in [0.2, 0.25) is 0 Å². The van der Waals surface area contributed by atoms with Crippen LogP contribution < -0.4 is 0 Å². The Morgan fingerprint density at radius 2 is 1.81 bits per heavy atom. The Morgan fingerprint density at radius 3 is 2.33 bits per heavy atom. The molecule has 0 heterocycles. The van der Waals surface area contributed by atoms with E-state index in [4.69, 9.17) is 20.1 Å². The molecule has 0 saturated heterocycles. The molecule has 3 N–H and O–H groups in total. The van der Waals surface area contributed by atoms with Crippen molar-refractivity contribution in [3.63, 3.8) is 0 Å². The molecule has 0 aromatic carbocycles. The van der Waals surface area contributed by atoms with E-state index < -0.39 is 37.2 Å². The number of carboxylic acid groups (broad SMARTS) is 1. The van der Waals surface area contributed by atoms with Gasteiger partial charge in [-0.05, 0) is 12.8 Å². The Morgan fingerprint density at radius 1 is 1.14 bits per heavy atom. The van der Waals surface area contributed by atoms with Crippen molar-refractivity contribution in [2.45, 2.75) is 51.6 Å². The van der Waals surface area contributed by atoms with E-state index in [1.54, 1.807) is 6.08 Å². The van der Waals surface area contributed by atoms with E-state index in [9.17, 15) is 9.59 Å². The third kappa shape index (κ3) is 10.0. The first-order chi connectivity index (χ1) is 10.0. The van der Waals surface area contributed by atoms with Crippen molar-refractivity contribution in [2.24, 2.45) is 5.92 Å². The second kappa shape index (κ2) is 12.3. The molecular formula is C15H26O6. The highest BCUT2D eigenvalue weighted by Crippen LogP contribution is 2.12. The van der Waals surface area contributed by atoms with Crippen molar-refractivity contribution in [2.75, 3.05) is 13.2 Å². The molecular weight excluding hydrogens is 276 g/mol. The van der Waals surface area contributed by atoms with E-state index in [0.717, 1.165) is 32.1 Å². The summed E-state index contributed by atoms with van der Waals surface area (Å²) in [6.07, 6.45) is 7.13. The summed E-state index contributed by atoms with van der Waals surface area (Å²) in [4.78, 5) is 22.6. The van der Waals surface area contributed by atoms with Crippen LogP contribution in [0, 0.1) is 5.92 Å². The van der Waals surface area contributed by atoms with Gasteiger partial charge in [0, 0.05) is 0 Å². The molecule has 0 amide bonds. The highest BCUT2D eigenvalue weighted by Gasteiger charge is 2.23. The molecule has 1 atom stereocenters. The lowest BCUT2D eigenvalue weighted by molar-refractivity contribution is -0.159. The molecule has 0 aliphatic carbocycles. The van der Waals surface area contributed by atoms with Crippen LogP contribution in [0.25, 0.3) is 0 Å². The Labute approximate surface area is 125 Å². The average molecular weight is 302 g/mol. The van der Waals surface area contributed by atoms with Gasteiger partial charge in [-0.2, -0.15) is 0 Å². The van der Waals surface area contributed by atoms with Crippen LogP contribution in [0.5, 0.6) is 0 Å². The predicted octanol–water partition coefficient (Wildman–Crippen LogP) is 1.50. The highest BCUT2D eigenvalue weighted by molar-refractivity contribution is 5.80. The van der Waals surface area contributed by atoms with Gasteiger partial charge in [0.25, 0.3) is 0 Å². The van der Waals surface area contributed by atoms with E-state index in [1.165, 1.54) is 6.08 Å². The molecule has 0 aliphatic rings. The number of esters is 1. The minimum Gasteiger partial charge on any atom is -0.481 e. The summed E-state index contributed by atoms with van der Waals surface area (Å²) >= 11 is 0. The fraction of sp³-hybridized carbons (Fsp3) is 0.733. The minimum atomic E-state index is -1.10. The van der Waals surface area contributed by atoms with E-state index >= 15 is 0 Å². The first-order valence-corrected chi connectivity index (χ1v) is 7.35. The number of carbonyl (C=O) groups is 2. The Bertz CT molecular complexity index is 322. The van der Waals surface area contributed by atoms with Gasteiger partial charge in [-0.15, -0.1) is 0 Å². The molecule has 0 aromatic rings. The van der Waals surface area contributed by atoms with Gasteiger partial charge in [0.1, 0.15) is 6.10 Å². The lowest BCUT2D eigenvalue weighted by Gasteiger charge is -2.16. The summed E-state index contributed by atoms with van der Waals surface area (Å²) in [5, 5.41) is 26.5. The normalized spacial score (nSPS) is 12.8. The van der Waals surface area contributed by atoms with Crippen LogP contribution in [0.3, 0.4) is 0 Å². The molecule has 0 saturated carbocycles. The zero-order valence-electron chi connectivity index (χ0n) is 12.5. The van der Waals surface area contributed by atoms with Crippen LogP contribution in [0.4, 0.5) is 0 Å². The predicted molar refractivity (Wildman–Crippen MR) is 77.7 cm³/mol. The Balaban J connectivity index is 4.39. The summed E-state index contributed by atoms with van der Waals surface area (Å²) in [6.45, 7) is 1.12. The molecule has 6 heteroatoms. The number of ether oxygens (including phenoxy) is 1. The maximum absolute atomic E-state index is 11.8. The zero-order chi connectivity index (χ0) is 16.1. The zero-order valence-corrected chi connectivity index (χ0v) is 12.5. The molecule has 0 bridgehead atoms. The van der Waals surface area contributed by atoms with Gasteiger partial charge in [-0.25, -0.2) is 0 Å². The fourth-order valence-corrected chi connectivity index (χ4v) is 1.75. The summed E-state index contributed by atoms with van der Waals surface area (Å²) in [7, 11) is 0. The van der Waals surface area contributed by atoms with Gasteiger partial charge >= 0.3 is 11.9 Å². The van der Waals surface area contributed by atoms with Crippen molar-refractivity contribution < 1.29 is 29.6 Å². The van der Waals surface area contributed by atoms with Crippen molar-refractivity contribution in [3.05, 3.63) is 12.2 Å². The van der Waals surface area contributed by atoms with E-state index in [0.29, 0.717) is 0 Å². The highest BCUT2D eigenvalue weighted by atomic mass is 16.6. The van der Waals surface area contributed by atoms with Gasteiger partial charge in [0.05, 0.1) is 25.6 Å². The van der Waals surface area contributed by atoms with Gasteiger partial charge in [0.2, 0.25) is 0 Å². The molecule has 6 nitrogen and oxygen atoms in total. The molecule has 1 unspecified atom stereocenters. The maximum atomic E-state index is 11.8. The molecule has 21 heavy (non-hydrogen) atoms. The molecule has 0 aromatic heterocycles. The SMILES string of the molecule is CCCCCC/C=C/C(CC(=O)O)C(=O)OC(CO)CO. The van der Waals surface area contributed by atoms with Gasteiger partial charge in [0.15, 0.2) is 0 Å². The van der Waals surface area contributed by atoms with E-state index in [-0.39, 0.29) is 6.42 Å². The summed E-state index contributed by atoms with van der Waals surface area (Å²) in [5.74, 6) is -2.73. The Kier molecular flexibility index (Phi) is 11.5. The number of hydrogen-bond acceptors (Lipinski definition) is 5. The first-order valence-electron chi connectivity index (χ1n) is 7.35. The van der Waals surface area contributed by atoms with Crippen molar-refractivity contribution >= 4 is 11.9 Å². The van der Waals surface area contributed by atoms with Gasteiger partial charge in [-0.1, -0.05) is 38.3 Å². The topological polar surface area (TPSA) is 104 Å². The molecule has 122 valence electrons. The molecule has 0 radical (unpaired) electrons. The van der Waals surface area contributed by atoms with Crippen LogP contribution in [-0.4, -0.2) is 46.6 Å². The van der Waals surface area contributed by atoms with Crippen molar-refractivity contribution in [3.8, 4) is 0 Å². The van der Waals surface area contributed by atoms with Gasteiger partial charge in [-0.3, -0.25) is 9.59 Å². The second-order valence-electron chi connectivity index (χ2n) is 4.91. The number of aliphatic carboxylic acids is 1. The number of aliphatic hydroxyl groups is 2. The summed E-state index contributed by atoms with van der Waals surface area (Å²) in [5.41, 5.74) is 0. The monoisotopic (exact) mass is 302 g/mol. The van der Waals surface area contributed by atoms with Gasteiger partial charge < -0.3 is 20.1 Å². The quantitative estimate of drug-likeness (QED) is 0.287. The lowest BCUT2D eigenvalue weighted by atomic mass is 10.0. The van der Waals surface area contributed by atoms with Crippen LogP contribution in [-0.2, 0) is 14.3 Å². The third-order valence-corrected chi connectivity index (χ3v) is 2.98. The number of allylic oxidation sites excluding steroid dienone is 1. The number of carbonyl (C=O) groups excluding carboxylic acids is 1. The Hall–Kier alpha value is -1.40. The number of rotatable bonds is 12. The van der Waals surface area contributed by atoms with Crippen LogP contribution >= 0.6 is 0 Å². The van der Waals surface area contributed by atoms with Crippen molar-refractivity contribution in [1.82, 2.24) is 0 Å². The van der Waals surface area contributed by atoms with Crippen LogP contribution in [0.1, 0.15) is 45.4 Å². The number of aliphatic hydroxyl groups excluding tert-OH is 2. The number of carboxylic acids is 1. The second-order valence-corrected chi connectivity index (χ2v) is 4.91. The largest absolute Gasteiger partial charge is 0.481 e. The van der Waals surface area contributed by atoms with Crippen LogP contribution in [0.15, 0.2) is 12.2 Å². The summed E-state index contributed by atoms with van der Waals surface area (Å²) < 4.78 is 4.85. The first kappa shape index (κ1) is 19.6.